The van der Waals surface area contributed by atoms with Crippen molar-refractivity contribution in [1.82, 2.24) is 5.32 Å². The molecule has 0 heterocycles. The lowest BCUT2D eigenvalue weighted by Crippen LogP contribution is -2.12. The van der Waals surface area contributed by atoms with Crippen molar-refractivity contribution in [3.05, 3.63) is 23.3 Å². The number of likely N-dealkylation sites (N-methyl/N-ethyl adjacent to an activating group) is 1. The maximum Gasteiger partial charge on any atom is 0.168 e. The number of methoxy groups -OCH3 is 1. The molecule has 1 rings (SSSR count). The highest BCUT2D eigenvalue weighted by Gasteiger charge is 2.18. The molecule has 0 fully saturated rings. The molecule has 84 valence electrons. The molecule has 2 N–H and O–H groups in total. The first-order valence-corrected chi connectivity index (χ1v) is 4.50. The van der Waals surface area contributed by atoms with Crippen LogP contribution in [-0.2, 0) is 6.42 Å². The molecule has 0 unspecified atom stereocenters. The second kappa shape index (κ2) is 4.93. The summed E-state index contributed by atoms with van der Waals surface area (Å²) < 4.78 is 31.0. The first-order valence-electron chi connectivity index (χ1n) is 4.50. The van der Waals surface area contributed by atoms with E-state index in [1.165, 1.54) is 7.11 Å². The summed E-state index contributed by atoms with van der Waals surface area (Å²) in [6, 6.07) is 0.608. The van der Waals surface area contributed by atoms with Gasteiger partial charge in [-0.1, -0.05) is 0 Å². The number of halogens is 2. The van der Waals surface area contributed by atoms with E-state index in [9.17, 15) is 13.9 Å². The summed E-state index contributed by atoms with van der Waals surface area (Å²) in [5.74, 6) is -2.44. The molecule has 0 aromatic heterocycles. The van der Waals surface area contributed by atoms with Crippen LogP contribution in [0.2, 0.25) is 0 Å². The Morgan fingerprint density at radius 2 is 2.07 bits per heavy atom. The summed E-state index contributed by atoms with van der Waals surface area (Å²) in [6.45, 7) is 0.493. The van der Waals surface area contributed by atoms with E-state index >= 15 is 0 Å². The molecule has 0 spiro atoms. The molecule has 5 heteroatoms. The molecule has 0 saturated carbocycles. The lowest BCUT2D eigenvalue weighted by Gasteiger charge is -2.11. The SMILES string of the molecule is CNCCc1c(O)c(F)cc(F)c1OC. The van der Waals surface area contributed by atoms with Crippen LogP contribution in [0.4, 0.5) is 8.78 Å². The minimum Gasteiger partial charge on any atom is -0.505 e. The molecule has 0 saturated heterocycles. The van der Waals surface area contributed by atoms with Gasteiger partial charge in [-0.2, -0.15) is 0 Å². The van der Waals surface area contributed by atoms with Crippen molar-refractivity contribution in [1.29, 1.82) is 0 Å². The minimum absolute atomic E-state index is 0.107. The smallest absolute Gasteiger partial charge is 0.168 e. The Kier molecular flexibility index (Phi) is 3.85. The van der Waals surface area contributed by atoms with E-state index in [1.54, 1.807) is 7.05 Å². The number of rotatable bonds is 4. The van der Waals surface area contributed by atoms with E-state index in [2.05, 4.69) is 5.32 Å². The third-order valence-electron chi connectivity index (χ3n) is 2.09. The van der Waals surface area contributed by atoms with Gasteiger partial charge in [-0.25, -0.2) is 8.78 Å². The normalized spacial score (nSPS) is 10.4. The van der Waals surface area contributed by atoms with E-state index in [1.807, 2.05) is 0 Å². The number of nitrogens with one attached hydrogen (secondary N) is 1. The van der Waals surface area contributed by atoms with Crippen molar-refractivity contribution in [3.8, 4) is 11.5 Å². The van der Waals surface area contributed by atoms with Gasteiger partial charge in [0.1, 0.15) is 0 Å². The van der Waals surface area contributed by atoms with E-state index in [0.29, 0.717) is 19.0 Å². The molecular weight excluding hydrogens is 204 g/mol. The molecule has 1 aromatic carbocycles. The van der Waals surface area contributed by atoms with E-state index < -0.39 is 17.4 Å². The van der Waals surface area contributed by atoms with E-state index in [4.69, 9.17) is 4.74 Å². The number of aromatic hydroxyl groups is 1. The molecule has 0 radical (unpaired) electrons. The third kappa shape index (κ3) is 2.36. The van der Waals surface area contributed by atoms with Crippen molar-refractivity contribution in [2.45, 2.75) is 6.42 Å². The lowest BCUT2D eigenvalue weighted by molar-refractivity contribution is 0.362. The van der Waals surface area contributed by atoms with Crippen LogP contribution in [0.1, 0.15) is 5.56 Å². The Balaban J connectivity index is 3.18. The van der Waals surface area contributed by atoms with Crippen LogP contribution in [0.15, 0.2) is 6.07 Å². The van der Waals surface area contributed by atoms with Crippen molar-refractivity contribution in [2.24, 2.45) is 0 Å². The second-order valence-corrected chi connectivity index (χ2v) is 3.05. The van der Waals surface area contributed by atoms with Gasteiger partial charge in [0.2, 0.25) is 0 Å². The fraction of sp³-hybridized carbons (Fsp3) is 0.400. The van der Waals surface area contributed by atoms with Crippen molar-refractivity contribution in [3.63, 3.8) is 0 Å². The Morgan fingerprint density at radius 3 is 2.60 bits per heavy atom. The fourth-order valence-electron chi connectivity index (χ4n) is 1.34. The predicted molar refractivity (Wildman–Crippen MR) is 52.2 cm³/mol. The zero-order valence-electron chi connectivity index (χ0n) is 8.60. The Hall–Kier alpha value is -1.36. The van der Waals surface area contributed by atoms with Crippen LogP contribution in [-0.4, -0.2) is 25.8 Å². The monoisotopic (exact) mass is 217 g/mol. The summed E-state index contributed by atoms with van der Waals surface area (Å²) in [7, 11) is 2.98. The van der Waals surface area contributed by atoms with Crippen LogP contribution in [0, 0.1) is 11.6 Å². The summed E-state index contributed by atoms with van der Waals surface area (Å²) >= 11 is 0. The lowest BCUT2D eigenvalue weighted by atomic mass is 10.1. The van der Waals surface area contributed by atoms with Crippen molar-refractivity contribution < 1.29 is 18.6 Å². The average Bonchev–Trinajstić information content (AvgIpc) is 2.21. The highest BCUT2D eigenvalue weighted by Crippen LogP contribution is 2.33. The highest BCUT2D eigenvalue weighted by molar-refractivity contribution is 5.46. The van der Waals surface area contributed by atoms with Gasteiger partial charge in [0.05, 0.1) is 7.11 Å². The van der Waals surface area contributed by atoms with E-state index in [0.717, 1.165) is 0 Å². The molecule has 3 nitrogen and oxygen atoms in total. The van der Waals surface area contributed by atoms with Crippen molar-refractivity contribution in [2.75, 3.05) is 20.7 Å². The maximum absolute atomic E-state index is 13.2. The van der Waals surface area contributed by atoms with Crippen LogP contribution in [0.3, 0.4) is 0 Å². The molecule has 0 bridgehead atoms. The van der Waals surface area contributed by atoms with Gasteiger partial charge in [-0.05, 0) is 20.0 Å². The minimum atomic E-state index is -0.973. The number of hydrogen-bond donors (Lipinski definition) is 2. The standard InChI is InChI=1S/C10H13F2NO2/c1-13-4-3-6-9(14)7(11)5-8(12)10(6)15-2/h5,13-14H,3-4H2,1-2H3. The van der Waals surface area contributed by atoms with Gasteiger partial charge in [-0.15, -0.1) is 0 Å². The molecule has 0 aliphatic heterocycles. The predicted octanol–water partition coefficient (Wildman–Crippen LogP) is 1.44. The largest absolute Gasteiger partial charge is 0.505 e. The van der Waals surface area contributed by atoms with Gasteiger partial charge >= 0.3 is 0 Å². The summed E-state index contributed by atoms with van der Waals surface area (Å²) in [5.41, 5.74) is 0.143. The number of hydrogen-bond acceptors (Lipinski definition) is 3. The van der Waals surface area contributed by atoms with Crippen LogP contribution in [0.5, 0.6) is 11.5 Å². The Morgan fingerprint density at radius 1 is 1.40 bits per heavy atom. The van der Waals surface area contributed by atoms with Crippen LogP contribution < -0.4 is 10.1 Å². The van der Waals surface area contributed by atoms with Crippen LogP contribution >= 0.6 is 0 Å². The van der Waals surface area contributed by atoms with E-state index in [-0.39, 0.29) is 11.3 Å². The van der Waals surface area contributed by atoms with Gasteiger partial charge in [0.15, 0.2) is 23.1 Å². The zero-order chi connectivity index (χ0) is 11.4. The maximum atomic E-state index is 13.2. The second-order valence-electron chi connectivity index (χ2n) is 3.05. The molecule has 15 heavy (non-hydrogen) atoms. The number of ether oxygens (including phenoxy) is 1. The molecule has 0 aliphatic rings. The fourth-order valence-corrected chi connectivity index (χ4v) is 1.34. The average molecular weight is 217 g/mol. The number of phenolic OH excluding ortho intramolecular Hbond substituents is 1. The van der Waals surface area contributed by atoms with Gasteiger partial charge < -0.3 is 15.2 Å². The zero-order valence-corrected chi connectivity index (χ0v) is 8.60. The number of benzene rings is 1. The molecular formula is C10H13F2NO2. The van der Waals surface area contributed by atoms with Crippen LogP contribution in [0.25, 0.3) is 0 Å². The first kappa shape index (κ1) is 11.7. The quantitative estimate of drug-likeness (QED) is 0.801. The first-order chi connectivity index (χ1) is 7.11. The third-order valence-corrected chi connectivity index (χ3v) is 2.09. The Labute approximate surface area is 86.7 Å². The van der Waals surface area contributed by atoms with Gasteiger partial charge in [-0.3, -0.25) is 0 Å². The Bertz CT molecular complexity index is 356. The molecule has 1 aromatic rings. The van der Waals surface area contributed by atoms with Gasteiger partial charge in [0, 0.05) is 11.6 Å². The topological polar surface area (TPSA) is 41.5 Å². The summed E-state index contributed by atoms with van der Waals surface area (Å²) in [6.07, 6.45) is 0.292. The number of phenols is 1. The van der Waals surface area contributed by atoms with Gasteiger partial charge in [0.25, 0.3) is 0 Å². The molecule has 0 aliphatic carbocycles. The summed E-state index contributed by atoms with van der Waals surface area (Å²) in [5, 5.41) is 12.2. The molecule has 0 amide bonds. The molecule has 0 atom stereocenters. The summed E-state index contributed by atoms with van der Waals surface area (Å²) in [4.78, 5) is 0. The highest BCUT2D eigenvalue weighted by atomic mass is 19.1. The van der Waals surface area contributed by atoms with Crippen molar-refractivity contribution >= 4 is 0 Å².